The first kappa shape index (κ1) is 21.5. The van der Waals surface area contributed by atoms with Gasteiger partial charge in [-0.1, -0.05) is 0 Å². The summed E-state index contributed by atoms with van der Waals surface area (Å²) in [6.07, 6.45) is 1.89. The Labute approximate surface area is 163 Å². The van der Waals surface area contributed by atoms with Gasteiger partial charge in [-0.2, -0.15) is 4.98 Å². The molecule has 1 atom stereocenters. The van der Waals surface area contributed by atoms with E-state index in [0.717, 1.165) is 0 Å². The molecule has 9 heteroatoms. The van der Waals surface area contributed by atoms with Gasteiger partial charge in [0.05, 0.1) is 17.3 Å². The molecule has 2 aromatic rings. The van der Waals surface area contributed by atoms with E-state index in [-0.39, 0.29) is 31.0 Å². The molecular weight excluding hydrogens is 365 g/mol. The van der Waals surface area contributed by atoms with E-state index < -0.39 is 17.4 Å². The van der Waals surface area contributed by atoms with Crippen LogP contribution in [0.1, 0.15) is 27.2 Å². The van der Waals surface area contributed by atoms with Gasteiger partial charge < -0.3 is 20.8 Å². The Hall–Kier alpha value is -2.78. The lowest BCUT2D eigenvalue weighted by atomic mass is 10.0. The van der Waals surface area contributed by atoms with E-state index in [1.165, 1.54) is 35.4 Å². The Morgan fingerprint density at radius 3 is 2.57 bits per heavy atom. The highest BCUT2D eigenvalue weighted by Crippen LogP contribution is 2.25. The number of rotatable bonds is 8. The molecule has 0 bridgehead atoms. The lowest BCUT2D eigenvalue weighted by Crippen LogP contribution is -2.40. The van der Waals surface area contributed by atoms with Gasteiger partial charge in [-0.15, -0.1) is 0 Å². The number of benzene rings is 1. The molecule has 0 fully saturated rings. The zero-order valence-corrected chi connectivity index (χ0v) is 16.2. The Bertz CT molecular complexity index is 780. The second-order valence-corrected chi connectivity index (χ2v) is 6.88. The first-order valence-corrected chi connectivity index (χ1v) is 8.98. The molecule has 1 unspecified atom stereocenters. The number of aliphatic hydroxyl groups is 2. The van der Waals surface area contributed by atoms with E-state index in [9.17, 15) is 14.3 Å². The Kier molecular flexibility index (Phi) is 7.24. The van der Waals surface area contributed by atoms with Crippen LogP contribution in [0.2, 0.25) is 0 Å². The van der Waals surface area contributed by atoms with E-state index in [1.54, 1.807) is 26.8 Å². The number of nitrogens with zero attached hydrogens (tertiary/aromatic N) is 3. The van der Waals surface area contributed by atoms with Crippen LogP contribution >= 0.6 is 0 Å². The summed E-state index contributed by atoms with van der Waals surface area (Å²) in [5.74, 6) is 0.0874. The Morgan fingerprint density at radius 1 is 1.29 bits per heavy atom. The van der Waals surface area contributed by atoms with Crippen LogP contribution in [0.4, 0.5) is 26.6 Å². The summed E-state index contributed by atoms with van der Waals surface area (Å²) in [7, 11) is 0. The largest absolute Gasteiger partial charge is 0.396 e. The van der Waals surface area contributed by atoms with Crippen LogP contribution in [0.25, 0.3) is 0 Å². The minimum atomic E-state index is -1.00. The average Bonchev–Trinajstić information content (AvgIpc) is 2.63. The number of carbonyl (C=O) groups excluding carboxylic acids is 1. The summed E-state index contributed by atoms with van der Waals surface area (Å²) in [4.78, 5) is 22.5. The van der Waals surface area contributed by atoms with Gasteiger partial charge in [0.1, 0.15) is 11.6 Å². The van der Waals surface area contributed by atoms with Crippen LogP contribution in [0.5, 0.6) is 0 Å². The van der Waals surface area contributed by atoms with Gasteiger partial charge in [0.15, 0.2) is 0 Å². The third-order valence-corrected chi connectivity index (χ3v) is 4.17. The number of halogens is 1. The fourth-order valence-electron chi connectivity index (χ4n) is 2.21. The summed E-state index contributed by atoms with van der Waals surface area (Å²) in [6.45, 7) is 5.34. The third-order valence-electron chi connectivity index (χ3n) is 4.17. The zero-order valence-electron chi connectivity index (χ0n) is 16.2. The summed E-state index contributed by atoms with van der Waals surface area (Å²) in [5.41, 5.74) is -0.583. The minimum Gasteiger partial charge on any atom is -0.396 e. The topological polar surface area (TPSA) is 111 Å². The van der Waals surface area contributed by atoms with Crippen molar-refractivity contribution in [2.24, 2.45) is 0 Å². The van der Waals surface area contributed by atoms with Gasteiger partial charge in [0.2, 0.25) is 5.95 Å². The fraction of sp³-hybridized carbons (Fsp3) is 0.421. The highest BCUT2D eigenvalue weighted by Gasteiger charge is 2.24. The SMILES string of the molecule is CC(Nc1nccc(N(C(=O)NCCCO)c2ccc(F)cc2)n1)C(C)(C)O. The van der Waals surface area contributed by atoms with E-state index in [0.29, 0.717) is 12.1 Å². The number of hydrogen-bond acceptors (Lipinski definition) is 6. The lowest BCUT2D eigenvalue weighted by molar-refractivity contribution is 0.0646. The van der Waals surface area contributed by atoms with Gasteiger partial charge in [-0.25, -0.2) is 19.1 Å². The smallest absolute Gasteiger partial charge is 0.327 e. The zero-order chi connectivity index (χ0) is 20.7. The number of nitrogens with one attached hydrogen (secondary N) is 2. The quantitative estimate of drug-likeness (QED) is 0.515. The van der Waals surface area contributed by atoms with Gasteiger partial charge >= 0.3 is 6.03 Å². The molecule has 1 aromatic carbocycles. The molecule has 0 saturated carbocycles. The van der Waals surface area contributed by atoms with Crippen molar-refractivity contribution in [2.45, 2.75) is 38.8 Å². The molecule has 0 aliphatic heterocycles. The molecular formula is C19H26FN5O3. The van der Waals surface area contributed by atoms with Gasteiger partial charge in [0.25, 0.3) is 0 Å². The minimum absolute atomic E-state index is 0.0484. The molecule has 1 aromatic heterocycles. The van der Waals surface area contributed by atoms with Crippen molar-refractivity contribution in [3.8, 4) is 0 Å². The van der Waals surface area contributed by atoms with Crippen LogP contribution in [0.15, 0.2) is 36.5 Å². The molecule has 0 aliphatic carbocycles. The third kappa shape index (κ3) is 5.86. The molecule has 0 spiro atoms. The first-order chi connectivity index (χ1) is 13.2. The van der Waals surface area contributed by atoms with Crippen LogP contribution in [0.3, 0.4) is 0 Å². The molecule has 4 N–H and O–H groups in total. The predicted molar refractivity (Wildman–Crippen MR) is 105 cm³/mol. The summed E-state index contributed by atoms with van der Waals surface area (Å²) in [6, 6.07) is 6.17. The molecule has 2 amide bonds. The second-order valence-electron chi connectivity index (χ2n) is 6.88. The molecule has 2 rings (SSSR count). The standard InChI is InChI=1S/C19H26FN5O3/c1-13(19(2,3)28)23-17-21-11-9-16(24-17)25(18(27)22-10-4-12-26)15-7-5-14(20)6-8-15/h5-9,11,13,26,28H,4,10,12H2,1-3H3,(H,22,27)(H,21,23,24). The Morgan fingerprint density at radius 2 is 1.96 bits per heavy atom. The molecule has 0 aliphatic rings. The van der Waals surface area contributed by atoms with Crippen LogP contribution in [0, 0.1) is 5.82 Å². The monoisotopic (exact) mass is 391 g/mol. The van der Waals surface area contributed by atoms with Crippen molar-refractivity contribution in [3.63, 3.8) is 0 Å². The first-order valence-electron chi connectivity index (χ1n) is 8.98. The maximum atomic E-state index is 13.3. The predicted octanol–water partition coefficient (Wildman–Crippen LogP) is 2.42. The molecule has 152 valence electrons. The number of aliphatic hydroxyl groups excluding tert-OH is 1. The van der Waals surface area contributed by atoms with Crippen molar-refractivity contribution in [3.05, 3.63) is 42.3 Å². The van der Waals surface area contributed by atoms with Gasteiger partial charge in [-0.05, 0) is 51.5 Å². The van der Waals surface area contributed by atoms with Crippen molar-refractivity contribution >= 4 is 23.5 Å². The van der Waals surface area contributed by atoms with E-state index in [4.69, 9.17) is 5.11 Å². The van der Waals surface area contributed by atoms with Crippen molar-refractivity contribution in [1.82, 2.24) is 15.3 Å². The molecule has 1 heterocycles. The molecule has 0 saturated heterocycles. The normalized spacial score (nSPS) is 12.4. The number of carbonyl (C=O) groups is 1. The number of hydrogen-bond donors (Lipinski definition) is 4. The van der Waals surface area contributed by atoms with Gasteiger partial charge in [-0.3, -0.25) is 0 Å². The van der Waals surface area contributed by atoms with E-state index >= 15 is 0 Å². The van der Waals surface area contributed by atoms with Crippen LogP contribution in [-0.4, -0.2) is 51.0 Å². The maximum Gasteiger partial charge on any atom is 0.327 e. The molecule has 0 radical (unpaired) electrons. The number of aromatic nitrogens is 2. The highest BCUT2D eigenvalue weighted by molar-refractivity contribution is 5.98. The Balaban J connectivity index is 2.33. The summed E-state index contributed by atoms with van der Waals surface area (Å²) >= 11 is 0. The molecule has 28 heavy (non-hydrogen) atoms. The van der Waals surface area contributed by atoms with Crippen LogP contribution < -0.4 is 15.5 Å². The van der Waals surface area contributed by atoms with Crippen molar-refractivity contribution < 1.29 is 19.4 Å². The van der Waals surface area contributed by atoms with E-state index in [1.807, 2.05) is 0 Å². The maximum absolute atomic E-state index is 13.3. The van der Waals surface area contributed by atoms with E-state index in [2.05, 4.69) is 20.6 Å². The van der Waals surface area contributed by atoms with Crippen molar-refractivity contribution in [1.29, 1.82) is 0 Å². The summed E-state index contributed by atoms with van der Waals surface area (Å²) < 4.78 is 13.3. The van der Waals surface area contributed by atoms with Gasteiger partial charge in [0, 0.05) is 25.4 Å². The number of amides is 2. The van der Waals surface area contributed by atoms with Crippen LogP contribution in [-0.2, 0) is 0 Å². The second kappa shape index (κ2) is 9.43. The average molecular weight is 391 g/mol. The van der Waals surface area contributed by atoms with Crippen molar-refractivity contribution in [2.75, 3.05) is 23.4 Å². The highest BCUT2D eigenvalue weighted by atomic mass is 19.1. The summed E-state index contributed by atoms with van der Waals surface area (Å²) in [5, 5.41) is 24.7. The number of anilines is 3. The fourth-order valence-corrected chi connectivity index (χ4v) is 2.21. The lowest BCUT2D eigenvalue weighted by Gasteiger charge is -2.27. The number of urea groups is 1. The molecule has 8 nitrogen and oxygen atoms in total.